The van der Waals surface area contributed by atoms with Gasteiger partial charge in [-0.05, 0) is 23.9 Å². The van der Waals surface area contributed by atoms with Crippen LogP contribution in [0, 0.1) is 0 Å². The number of nitrogens with one attached hydrogen (secondary N) is 1. The first kappa shape index (κ1) is 12.5. The minimum atomic E-state index is 0. The average Bonchev–Trinajstić information content (AvgIpc) is 2.21. The van der Waals surface area contributed by atoms with Crippen molar-refractivity contribution in [2.75, 3.05) is 5.75 Å². The minimum Gasteiger partial charge on any atom is -1.00 e. The molecule has 0 radical (unpaired) electrons. The highest BCUT2D eigenvalue weighted by molar-refractivity contribution is 8.14. The Morgan fingerprint density at radius 3 is 2.53 bits per heavy atom. The highest BCUT2D eigenvalue weighted by atomic mass is 79.9. The van der Waals surface area contributed by atoms with Gasteiger partial charge in [0.15, 0.2) is 0 Å². The maximum atomic E-state index is 5.79. The van der Waals surface area contributed by atoms with Crippen molar-refractivity contribution in [3.63, 3.8) is 0 Å². The lowest BCUT2D eigenvalue weighted by Gasteiger charge is -2.05. The molecule has 1 aromatic rings. The zero-order valence-electron chi connectivity index (χ0n) is 7.71. The Bertz CT molecular complexity index is 402. The highest BCUT2D eigenvalue weighted by Gasteiger charge is 2.13. The molecule has 0 saturated carbocycles. The van der Waals surface area contributed by atoms with Gasteiger partial charge >= 0.3 is 5.17 Å². The lowest BCUT2D eigenvalue weighted by Crippen LogP contribution is -3.00. The van der Waals surface area contributed by atoms with Gasteiger partial charge in [-0.2, -0.15) is 0 Å². The van der Waals surface area contributed by atoms with Gasteiger partial charge in [-0.3, -0.25) is 5.73 Å². The number of hydrogen-bond donors (Lipinski definition) is 2. The normalized spacial score (nSPS) is 15.0. The molecule has 6 heteroatoms. The van der Waals surface area contributed by atoms with E-state index in [1.54, 1.807) is 11.8 Å². The first-order chi connectivity index (χ1) is 6.75. The van der Waals surface area contributed by atoms with E-state index < -0.39 is 0 Å². The quantitative estimate of drug-likeness (QED) is 0.589. The van der Waals surface area contributed by atoms with E-state index >= 15 is 0 Å². The van der Waals surface area contributed by atoms with E-state index in [2.05, 4.69) is 10.2 Å². The zero-order valence-corrected chi connectivity index (χ0v) is 10.9. The second-order valence-electron chi connectivity index (χ2n) is 2.83. The van der Waals surface area contributed by atoms with Crippen LogP contribution in [-0.2, 0) is 0 Å². The van der Waals surface area contributed by atoms with E-state index in [0.717, 1.165) is 22.1 Å². The SMILES string of the molecule is NC1=[NH+]N=C(c2ccc(Cl)cc2)CS1.[Br-]. The molecule has 0 unspecified atom stereocenters. The molecule has 1 heterocycles. The number of nitrogens with zero attached hydrogens (tertiary/aromatic N) is 1. The molecule has 2 rings (SSSR count). The van der Waals surface area contributed by atoms with Crippen molar-refractivity contribution in [2.45, 2.75) is 0 Å². The fraction of sp³-hybridized carbons (Fsp3) is 0.111. The van der Waals surface area contributed by atoms with Crippen molar-refractivity contribution in [2.24, 2.45) is 10.8 Å². The van der Waals surface area contributed by atoms with Gasteiger partial charge < -0.3 is 17.0 Å². The molecule has 0 aliphatic carbocycles. The number of hydrazone groups is 1. The smallest absolute Gasteiger partial charge is 0.327 e. The van der Waals surface area contributed by atoms with Crippen molar-refractivity contribution in [1.29, 1.82) is 0 Å². The Morgan fingerprint density at radius 1 is 1.33 bits per heavy atom. The molecule has 15 heavy (non-hydrogen) atoms. The van der Waals surface area contributed by atoms with Gasteiger partial charge in [-0.15, -0.1) is 5.10 Å². The van der Waals surface area contributed by atoms with Crippen LogP contribution in [0.25, 0.3) is 0 Å². The van der Waals surface area contributed by atoms with E-state index in [1.165, 1.54) is 0 Å². The third-order valence-electron chi connectivity index (χ3n) is 1.84. The fourth-order valence-corrected chi connectivity index (χ4v) is 1.88. The highest BCUT2D eigenvalue weighted by Crippen LogP contribution is 2.12. The van der Waals surface area contributed by atoms with Crippen LogP contribution in [0.1, 0.15) is 5.56 Å². The summed E-state index contributed by atoms with van der Waals surface area (Å²) in [5.41, 5.74) is 7.60. The van der Waals surface area contributed by atoms with Crippen LogP contribution >= 0.6 is 23.4 Å². The number of thioether (sulfide) groups is 1. The van der Waals surface area contributed by atoms with Crippen LogP contribution < -0.4 is 27.8 Å². The Balaban J connectivity index is 0.00000112. The van der Waals surface area contributed by atoms with Crippen LogP contribution in [-0.4, -0.2) is 16.6 Å². The lowest BCUT2D eigenvalue weighted by atomic mass is 10.1. The molecule has 1 aliphatic rings. The summed E-state index contributed by atoms with van der Waals surface area (Å²) in [6.07, 6.45) is 0. The average molecular weight is 307 g/mol. The summed E-state index contributed by atoms with van der Waals surface area (Å²) in [6.45, 7) is 0. The van der Waals surface area contributed by atoms with Gasteiger partial charge in [0.1, 0.15) is 5.71 Å². The standard InChI is InChI=1S/C9H8ClN3S.BrH/c10-7-3-1-6(2-4-7)8-5-14-9(11)13-12-8;/h1-4H,5H2,(H2,11,13);1H. The maximum Gasteiger partial charge on any atom is 0.327 e. The summed E-state index contributed by atoms with van der Waals surface area (Å²) in [7, 11) is 0. The summed E-state index contributed by atoms with van der Waals surface area (Å²) in [5, 5.41) is 8.28. The molecule has 0 aromatic heterocycles. The Morgan fingerprint density at radius 2 is 2.00 bits per heavy atom. The Hall–Kier alpha value is -0.520. The first-order valence-corrected chi connectivity index (χ1v) is 5.46. The van der Waals surface area contributed by atoms with Crippen molar-refractivity contribution < 1.29 is 22.1 Å². The predicted octanol–water partition coefficient (Wildman–Crippen LogP) is -2.81. The topological polar surface area (TPSA) is 52.4 Å². The summed E-state index contributed by atoms with van der Waals surface area (Å²) in [4.78, 5) is 0. The number of rotatable bonds is 1. The fourth-order valence-electron chi connectivity index (χ4n) is 1.12. The molecule has 80 valence electrons. The largest absolute Gasteiger partial charge is 1.00 e. The second-order valence-corrected chi connectivity index (χ2v) is 4.28. The van der Waals surface area contributed by atoms with Crippen molar-refractivity contribution in [1.82, 2.24) is 0 Å². The summed E-state index contributed by atoms with van der Waals surface area (Å²) in [5.74, 6) is 0.792. The van der Waals surface area contributed by atoms with Crippen LogP contribution in [0.5, 0.6) is 0 Å². The molecule has 0 fully saturated rings. The molecular formula is C9H9BrClN3S. The third kappa shape index (κ3) is 3.22. The molecular weight excluding hydrogens is 298 g/mol. The molecule has 0 saturated heterocycles. The molecule has 0 atom stereocenters. The third-order valence-corrected chi connectivity index (χ3v) is 2.91. The number of halogens is 2. The maximum absolute atomic E-state index is 5.79. The molecule has 3 nitrogen and oxygen atoms in total. The van der Waals surface area contributed by atoms with Crippen LogP contribution in [0.4, 0.5) is 0 Å². The van der Waals surface area contributed by atoms with Gasteiger partial charge in [0, 0.05) is 10.6 Å². The van der Waals surface area contributed by atoms with Crippen LogP contribution in [0.2, 0.25) is 5.02 Å². The van der Waals surface area contributed by atoms with Gasteiger partial charge in [0.05, 0.1) is 5.75 Å². The number of benzene rings is 1. The lowest BCUT2D eigenvalue weighted by molar-refractivity contribution is -0.460. The Kier molecular flexibility index (Phi) is 4.63. The zero-order chi connectivity index (χ0) is 9.97. The van der Waals surface area contributed by atoms with Crippen LogP contribution in [0.3, 0.4) is 0 Å². The van der Waals surface area contributed by atoms with E-state index in [-0.39, 0.29) is 17.0 Å². The molecule has 0 bridgehead atoms. The molecule has 0 spiro atoms. The van der Waals surface area contributed by atoms with E-state index in [1.807, 2.05) is 24.3 Å². The molecule has 3 N–H and O–H groups in total. The monoisotopic (exact) mass is 305 g/mol. The molecule has 0 amide bonds. The van der Waals surface area contributed by atoms with Crippen molar-refractivity contribution in [3.05, 3.63) is 34.9 Å². The second kappa shape index (κ2) is 5.53. The van der Waals surface area contributed by atoms with Crippen LogP contribution in [0.15, 0.2) is 29.4 Å². The van der Waals surface area contributed by atoms with Crippen molar-refractivity contribution >= 4 is 34.2 Å². The van der Waals surface area contributed by atoms with Gasteiger partial charge in [0.2, 0.25) is 0 Å². The molecule has 1 aromatic carbocycles. The van der Waals surface area contributed by atoms with E-state index in [0.29, 0.717) is 5.17 Å². The van der Waals surface area contributed by atoms with Gasteiger partial charge in [0.25, 0.3) is 0 Å². The predicted molar refractivity (Wildman–Crippen MR) is 60.6 cm³/mol. The number of amidine groups is 1. The Labute approximate surface area is 108 Å². The number of hydrogen-bond acceptors (Lipinski definition) is 3. The molecule has 1 aliphatic heterocycles. The summed E-state index contributed by atoms with van der Waals surface area (Å²) >= 11 is 7.33. The first-order valence-electron chi connectivity index (χ1n) is 4.09. The van der Waals surface area contributed by atoms with Crippen molar-refractivity contribution in [3.8, 4) is 0 Å². The summed E-state index contributed by atoms with van der Waals surface area (Å²) < 4.78 is 0. The van der Waals surface area contributed by atoms with Gasteiger partial charge in [-0.25, -0.2) is 0 Å². The van der Waals surface area contributed by atoms with E-state index in [9.17, 15) is 0 Å². The summed E-state index contributed by atoms with van der Waals surface area (Å²) in [6, 6.07) is 7.60. The van der Waals surface area contributed by atoms with Gasteiger partial charge in [-0.1, -0.05) is 28.8 Å². The number of nitrogens with two attached hydrogens (primary N) is 1. The minimum absolute atomic E-state index is 0. The van der Waals surface area contributed by atoms with E-state index in [4.69, 9.17) is 17.3 Å².